The Morgan fingerprint density at radius 2 is 1.72 bits per heavy atom. The lowest BCUT2D eigenvalue weighted by Crippen LogP contribution is -2.38. The maximum absolute atomic E-state index is 13.2. The second-order valence-corrected chi connectivity index (χ2v) is 9.28. The van der Waals surface area contributed by atoms with Crippen LogP contribution in [0.2, 0.25) is 0 Å². The van der Waals surface area contributed by atoms with E-state index < -0.39 is 12.0 Å². The summed E-state index contributed by atoms with van der Waals surface area (Å²) >= 11 is 1.43. The van der Waals surface area contributed by atoms with Crippen molar-refractivity contribution in [3.05, 3.63) is 82.0 Å². The van der Waals surface area contributed by atoms with Crippen LogP contribution in [-0.2, 0) is 20.9 Å². The minimum atomic E-state index is -0.567. The highest BCUT2D eigenvalue weighted by Gasteiger charge is 2.41. The van der Waals surface area contributed by atoms with Crippen molar-refractivity contribution in [1.29, 1.82) is 0 Å². The van der Waals surface area contributed by atoms with Gasteiger partial charge in [-0.15, -0.1) is 0 Å². The number of amides is 1. The van der Waals surface area contributed by atoms with Gasteiger partial charge >= 0.3 is 5.97 Å². The Hall–Kier alpha value is -3.72. The van der Waals surface area contributed by atoms with E-state index in [0.29, 0.717) is 34.5 Å². The second-order valence-electron chi connectivity index (χ2n) is 8.44. The summed E-state index contributed by atoms with van der Waals surface area (Å²) in [5.41, 5.74) is 3.53. The summed E-state index contributed by atoms with van der Waals surface area (Å²) in [6.07, 6.45) is 0.153. The molecule has 1 unspecified atom stereocenters. The molecule has 188 valence electrons. The number of rotatable bonds is 8. The molecule has 4 rings (SSSR count). The quantitative estimate of drug-likeness (QED) is 0.487. The summed E-state index contributed by atoms with van der Waals surface area (Å²) in [4.78, 5) is 34.5. The first-order valence-electron chi connectivity index (χ1n) is 11.4. The van der Waals surface area contributed by atoms with Gasteiger partial charge in [-0.05, 0) is 35.6 Å². The molecular weight excluding hydrogens is 478 g/mol. The van der Waals surface area contributed by atoms with E-state index in [1.807, 2.05) is 52.8 Å². The summed E-state index contributed by atoms with van der Waals surface area (Å²) in [5, 5.41) is 2.62. The van der Waals surface area contributed by atoms with Crippen LogP contribution >= 0.6 is 11.8 Å². The van der Waals surface area contributed by atoms with Gasteiger partial charge in [0, 0.05) is 25.4 Å². The summed E-state index contributed by atoms with van der Waals surface area (Å²) in [5.74, 6) is 0.656. The van der Waals surface area contributed by atoms with E-state index >= 15 is 0 Å². The molecule has 0 N–H and O–H groups in total. The summed E-state index contributed by atoms with van der Waals surface area (Å²) in [7, 11) is 6.29. The molecule has 0 bridgehead atoms. The zero-order chi connectivity index (χ0) is 25.8. The summed E-state index contributed by atoms with van der Waals surface area (Å²) < 4.78 is 16.1. The zero-order valence-electron chi connectivity index (χ0n) is 21.0. The molecule has 36 heavy (non-hydrogen) atoms. The van der Waals surface area contributed by atoms with E-state index in [2.05, 4.69) is 4.99 Å². The number of amidine groups is 1. The third-order valence-corrected chi connectivity index (χ3v) is 7.00. The molecule has 1 amide bonds. The van der Waals surface area contributed by atoms with Crippen LogP contribution < -0.4 is 9.47 Å². The molecule has 0 aromatic heterocycles. The molecule has 0 fully saturated rings. The SMILES string of the molecule is COC(=O)C1=C(C)N=C2SC=C(CC(=O)N(C)Cc3ccccc3)N2C1c1cc(OC)cc(OC)c1. The number of carbonyl (C=O) groups is 2. The lowest BCUT2D eigenvalue weighted by atomic mass is 9.93. The Bertz CT molecular complexity index is 1230. The Morgan fingerprint density at radius 1 is 1.06 bits per heavy atom. The van der Waals surface area contributed by atoms with E-state index in [1.54, 1.807) is 39.2 Å². The van der Waals surface area contributed by atoms with Gasteiger partial charge in [0.05, 0.1) is 45.1 Å². The van der Waals surface area contributed by atoms with E-state index in [1.165, 1.54) is 18.9 Å². The standard InChI is InChI=1S/C27H29N3O5S/c1-17-24(26(32)35-5)25(19-11-21(33-3)14-22(12-19)34-4)30-20(16-36-27(30)28-17)13-23(31)29(2)15-18-9-7-6-8-10-18/h6-12,14,16,25H,13,15H2,1-5H3. The normalized spacial score (nSPS) is 16.7. The molecule has 2 aliphatic heterocycles. The van der Waals surface area contributed by atoms with E-state index in [0.717, 1.165) is 16.8 Å². The molecule has 9 heteroatoms. The number of aliphatic imine (C=N–C) groups is 1. The van der Waals surface area contributed by atoms with Gasteiger partial charge < -0.3 is 24.0 Å². The Kier molecular flexibility index (Phi) is 7.69. The minimum absolute atomic E-state index is 0.0418. The molecule has 8 nitrogen and oxygen atoms in total. The molecule has 2 aromatic rings. The van der Waals surface area contributed by atoms with Crippen molar-refractivity contribution in [2.75, 3.05) is 28.4 Å². The van der Waals surface area contributed by atoms with Gasteiger partial charge in [0.25, 0.3) is 0 Å². The van der Waals surface area contributed by atoms with Crippen molar-refractivity contribution < 1.29 is 23.8 Å². The maximum Gasteiger partial charge on any atom is 0.338 e. The van der Waals surface area contributed by atoms with Gasteiger partial charge in [0.2, 0.25) is 5.91 Å². The number of ether oxygens (including phenoxy) is 3. The fourth-order valence-electron chi connectivity index (χ4n) is 4.28. The largest absolute Gasteiger partial charge is 0.497 e. The molecule has 0 saturated carbocycles. The third-order valence-electron chi connectivity index (χ3n) is 6.12. The van der Waals surface area contributed by atoms with Crippen LogP contribution in [0.4, 0.5) is 0 Å². The van der Waals surface area contributed by atoms with Gasteiger partial charge in [0.15, 0.2) is 5.17 Å². The maximum atomic E-state index is 13.2. The van der Waals surface area contributed by atoms with Crippen LogP contribution in [0.25, 0.3) is 0 Å². The van der Waals surface area contributed by atoms with Crippen LogP contribution in [0, 0.1) is 0 Å². The van der Waals surface area contributed by atoms with Gasteiger partial charge in [-0.25, -0.2) is 9.79 Å². The molecule has 0 spiro atoms. The number of thioether (sulfide) groups is 1. The van der Waals surface area contributed by atoms with Crippen molar-refractivity contribution in [3.8, 4) is 11.5 Å². The molecule has 2 aliphatic rings. The number of allylic oxidation sites excluding steroid dienone is 1. The number of methoxy groups -OCH3 is 3. The molecule has 0 aliphatic carbocycles. The monoisotopic (exact) mass is 507 g/mol. The lowest BCUT2D eigenvalue weighted by Gasteiger charge is -2.36. The fraction of sp³-hybridized carbons (Fsp3) is 0.296. The molecular formula is C27H29N3O5S. The topological polar surface area (TPSA) is 80.7 Å². The van der Waals surface area contributed by atoms with E-state index in [4.69, 9.17) is 14.2 Å². The summed E-state index contributed by atoms with van der Waals surface area (Å²) in [6, 6.07) is 14.8. The highest BCUT2D eigenvalue weighted by molar-refractivity contribution is 8.16. The smallest absolute Gasteiger partial charge is 0.338 e. The van der Waals surface area contributed by atoms with Gasteiger partial charge in [0.1, 0.15) is 11.5 Å². The number of esters is 1. The van der Waals surface area contributed by atoms with Gasteiger partial charge in [-0.2, -0.15) is 0 Å². The predicted octanol–water partition coefficient (Wildman–Crippen LogP) is 4.50. The highest BCUT2D eigenvalue weighted by atomic mass is 32.2. The van der Waals surface area contributed by atoms with Crippen molar-refractivity contribution in [2.45, 2.75) is 25.9 Å². The molecule has 1 atom stereocenters. The van der Waals surface area contributed by atoms with Crippen molar-refractivity contribution >= 4 is 28.8 Å². The van der Waals surface area contributed by atoms with Crippen LogP contribution in [-0.4, -0.2) is 55.2 Å². The van der Waals surface area contributed by atoms with Crippen molar-refractivity contribution in [3.63, 3.8) is 0 Å². The average Bonchev–Trinajstić information content (AvgIpc) is 3.29. The van der Waals surface area contributed by atoms with E-state index in [-0.39, 0.29) is 12.3 Å². The number of hydrogen-bond acceptors (Lipinski definition) is 8. The average molecular weight is 508 g/mol. The molecule has 2 aromatic carbocycles. The van der Waals surface area contributed by atoms with Crippen molar-refractivity contribution in [2.24, 2.45) is 4.99 Å². The number of hydrogen-bond donors (Lipinski definition) is 0. The molecule has 2 heterocycles. The molecule has 0 radical (unpaired) electrons. The Balaban J connectivity index is 1.69. The van der Waals surface area contributed by atoms with Crippen LogP contribution in [0.1, 0.15) is 30.5 Å². The zero-order valence-corrected chi connectivity index (χ0v) is 21.8. The summed E-state index contributed by atoms with van der Waals surface area (Å²) in [6.45, 7) is 2.29. The first-order chi connectivity index (χ1) is 17.4. The first kappa shape index (κ1) is 25.4. The molecule has 0 saturated heterocycles. The van der Waals surface area contributed by atoms with E-state index in [9.17, 15) is 9.59 Å². The number of nitrogens with zero attached hydrogens (tertiary/aromatic N) is 3. The predicted molar refractivity (Wildman–Crippen MR) is 139 cm³/mol. The van der Waals surface area contributed by atoms with Gasteiger partial charge in [-0.1, -0.05) is 42.1 Å². The lowest BCUT2D eigenvalue weighted by molar-refractivity contribution is -0.136. The van der Waals surface area contributed by atoms with Crippen molar-refractivity contribution in [1.82, 2.24) is 9.80 Å². The number of fused-ring (bicyclic) bond motifs is 1. The van der Waals surface area contributed by atoms with Crippen LogP contribution in [0.3, 0.4) is 0 Å². The number of carbonyl (C=O) groups excluding carboxylic acids is 2. The highest BCUT2D eigenvalue weighted by Crippen LogP contribution is 2.46. The third kappa shape index (κ3) is 5.11. The Labute approximate surface area is 215 Å². The fourth-order valence-corrected chi connectivity index (χ4v) is 5.24. The first-order valence-corrected chi connectivity index (χ1v) is 12.3. The second kappa shape index (κ2) is 10.9. The number of benzene rings is 2. The van der Waals surface area contributed by atoms with Crippen LogP contribution in [0.15, 0.2) is 75.9 Å². The Morgan fingerprint density at radius 3 is 2.33 bits per heavy atom. The van der Waals surface area contributed by atoms with Gasteiger partial charge in [-0.3, -0.25) is 4.79 Å². The minimum Gasteiger partial charge on any atom is -0.497 e. The van der Waals surface area contributed by atoms with Crippen LogP contribution in [0.5, 0.6) is 11.5 Å².